The van der Waals surface area contributed by atoms with Gasteiger partial charge >= 0.3 is 0 Å². The predicted octanol–water partition coefficient (Wildman–Crippen LogP) is 3.27. The summed E-state index contributed by atoms with van der Waals surface area (Å²) in [5, 5.41) is 19.5. The molecule has 0 aliphatic carbocycles. The maximum absolute atomic E-state index is 13.2. The summed E-state index contributed by atoms with van der Waals surface area (Å²) in [4.78, 5) is 14.9. The molecule has 1 amide bonds. The lowest BCUT2D eigenvalue weighted by Crippen LogP contribution is -2.36. The molecule has 4 rings (SSSR count). The first kappa shape index (κ1) is 22.6. The van der Waals surface area contributed by atoms with Gasteiger partial charge in [-0.25, -0.2) is 4.39 Å². The summed E-state index contributed by atoms with van der Waals surface area (Å²) in [6.07, 6.45) is 6.41. The Morgan fingerprint density at radius 1 is 1.18 bits per heavy atom. The first-order valence-corrected chi connectivity index (χ1v) is 11.2. The van der Waals surface area contributed by atoms with Crippen molar-refractivity contribution in [1.82, 2.24) is 15.5 Å². The average molecular weight is 447 g/mol. The number of H-pyrrole nitrogens is 1. The predicted molar refractivity (Wildman–Crippen MR) is 126 cm³/mol. The van der Waals surface area contributed by atoms with Crippen LogP contribution in [0.2, 0.25) is 0 Å². The summed E-state index contributed by atoms with van der Waals surface area (Å²) in [5.74, 6) is 5.80. The van der Waals surface area contributed by atoms with E-state index in [9.17, 15) is 14.3 Å². The van der Waals surface area contributed by atoms with Gasteiger partial charge in [0.2, 0.25) is 0 Å². The summed E-state index contributed by atoms with van der Waals surface area (Å²) in [6, 6.07) is 11.6. The number of anilines is 1. The number of piperidine rings is 1. The van der Waals surface area contributed by atoms with Crippen LogP contribution in [0.5, 0.6) is 0 Å². The van der Waals surface area contributed by atoms with Gasteiger partial charge in [0.25, 0.3) is 5.91 Å². The summed E-state index contributed by atoms with van der Waals surface area (Å²) < 4.78 is 13.2. The highest BCUT2D eigenvalue weighted by Gasteiger charge is 2.20. The fraction of sp³-hybridized carbons (Fsp3) is 0.308. The van der Waals surface area contributed by atoms with Crippen molar-refractivity contribution in [3.63, 3.8) is 0 Å². The third kappa shape index (κ3) is 6.21. The Labute approximate surface area is 192 Å². The van der Waals surface area contributed by atoms with Crippen LogP contribution in [0.25, 0.3) is 0 Å². The van der Waals surface area contributed by atoms with Gasteiger partial charge in [0, 0.05) is 42.5 Å². The zero-order valence-electron chi connectivity index (χ0n) is 18.4. The quantitative estimate of drug-likeness (QED) is 0.401. The minimum absolute atomic E-state index is 0.146. The van der Waals surface area contributed by atoms with Crippen LogP contribution >= 0.6 is 0 Å². The van der Waals surface area contributed by atoms with Gasteiger partial charge in [-0.3, -0.25) is 9.89 Å². The van der Waals surface area contributed by atoms with Gasteiger partial charge in [-0.15, -0.1) is 0 Å². The highest BCUT2D eigenvalue weighted by atomic mass is 19.1. The van der Waals surface area contributed by atoms with Gasteiger partial charge in [0.05, 0.1) is 18.0 Å². The minimum Gasteiger partial charge on any atom is -0.393 e. The van der Waals surface area contributed by atoms with E-state index in [0.29, 0.717) is 30.5 Å². The molecule has 2 heterocycles. The van der Waals surface area contributed by atoms with Crippen LogP contribution in [0, 0.1) is 17.7 Å². The third-order valence-electron chi connectivity index (χ3n) is 5.73. The molecule has 3 aromatic rings. The van der Waals surface area contributed by atoms with Crippen LogP contribution in [0.1, 0.15) is 46.3 Å². The van der Waals surface area contributed by atoms with E-state index in [1.54, 1.807) is 18.3 Å². The van der Waals surface area contributed by atoms with Crippen molar-refractivity contribution in [3.8, 4) is 11.8 Å². The number of hydrogen-bond donors (Lipinski definition) is 3. The van der Waals surface area contributed by atoms with Gasteiger partial charge in [-0.2, -0.15) is 5.10 Å². The van der Waals surface area contributed by atoms with E-state index in [-0.39, 0.29) is 17.8 Å². The molecule has 0 bridgehead atoms. The largest absolute Gasteiger partial charge is 0.393 e. The van der Waals surface area contributed by atoms with E-state index < -0.39 is 0 Å². The van der Waals surface area contributed by atoms with Gasteiger partial charge in [0.1, 0.15) is 5.82 Å². The van der Waals surface area contributed by atoms with Gasteiger partial charge in [-0.1, -0.05) is 11.8 Å². The lowest BCUT2D eigenvalue weighted by Gasteiger charge is -2.32. The number of halogens is 1. The number of aromatic amines is 1. The van der Waals surface area contributed by atoms with Gasteiger partial charge in [0.15, 0.2) is 0 Å². The number of rotatable bonds is 6. The molecular formula is C26H27FN4O2. The first-order valence-electron chi connectivity index (χ1n) is 11.2. The fourth-order valence-corrected chi connectivity index (χ4v) is 3.84. The summed E-state index contributed by atoms with van der Waals surface area (Å²) in [7, 11) is 0. The molecule has 1 aliphatic heterocycles. The summed E-state index contributed by atoms with van der Waals surface area (Å²) in [6.45, 7) is 2.02. The highest BCUT2D eigenvalue weighted by molar-refractivity contribution is 5.95. The Bertz CT molecular complexity index is 1130. The monoisotopic (exact) mass is 446 g/mol. The molecule has 0 spiro atoms. The molecule has 0 atom stereocenters. The second-order valence-corrected chi connectivity index (χ2v) is 8.17. The van der Waals surface area contributed by atoms with Crippen LogP contribution in [-0.2, 0) is 6.42 Å². The Kier molecular flexibility index (Phi) is 7.38. The molecule has 7 heteroatoms. The van der Waals surface area contributed by atoms with Crippen LogP contribution < -0.4 is 10.2 Å². The first-order chi connectivity index (χ1) is 16.1. The van der Waals surface area contributed by atoms with Crippen LogP contribution in [-0.4, -0.2) is 46.9 Å². The number of aliphatic hydroxyl groups is 1. The molecule has 6 nitrogen and oxygen atoms in total. The molecule has 1 fully saturated rings. The number of amides is 1. The zero-order chi connectivity index (χ0) is 23.0. The van der Waals surface area contributed by atoms with E-state index in [4.69, 9.17) is 0 Å². The van der Waals surface area contributed by atoms with Crippen molar-refractivity contribution in [3.05, 3.63) is 82.9 Å². The van der Waals surface area contributed by atoms with E-state index in [2.05, 4.69) is 32.3 Å². The number of aryl methyl sites for hydroxylation is 1. The zero-order valence-corrected chi connectivity index (χ0v) is 18.4. The molecule has 1 saturated heterocycles. The van der Waals surface area contributed by atoms with Gasteiger partial charge in [-0.05, 0) is 73.7 Å². The van der Waals surface area contributed by atoms with Crippen LogP contribution in [0.15, 0.2) is 54.9 Å². The van der Waals surface area contributed by atoms with E-state index >= 15 is 0 Å². The number of hydrogen-bond acceptors (Lipinski definition) is 4. The SMILES string of the molecule is O=C(NCCCc1cn[nH]c1)c1ccc(N2CCC(O)CC2)c(C#Cc2ccc(F)cc2)c1. The maximum atomic E-state index is 13.2. The maximum Gasteiger partial charge on any atom is 0.251 e. The standard InChI is InChI=1S/C26H27FN4O2/c27-23-8-4-19(5-9-23)3-6-21-16-22(7-10-25(21)31-14-11-24(32)12-15-31)26(33)28-13-1-2-20-17-29-30-18-20/h4-5,7-10,16-18,24,32H,1-2,11-15H2,(H,28,33)(H,29,30). The van der Waals surface area contributed by atoms with Crippen molar-refractivity contribution < 1.29 is 14.3 Å². The lowest BCUT2D eigenvalue weighted by molar-refractivity contribution is 0.0953. The topological polar surface area (TPSA) is 81.2 Å². The Hall–Kier alpha value is -3.63. The number of nitrogens with zero attached hydrogens (tertiary/aromatic N) is 2. The van der Waals surface area contributed by atoms with E-state index in [1.165, 1.54) is 12.1 Å². The van der Waals surface area contributed by atoms with Crippen LogP contribution in [0.3, 0.4) is 0 Å². The molecule has 2 aromatic carbocycles. The number of carbonyl (C=O) groups excluding carboxylic acids is 1. The number of nitrogens with one attached hydrogen (secondary N) is 2. The molecular weight excluding hydrogens is 419 g/mol. The van der Waals surface area contributed by atoms with Crippen molar-refractivity contribution in [2.75, 3.05) is 24.5 Å². The van der Waals surface area contributed by atoms with Gasteiger partial charge < -0.3 is 15.3 Å². The van der Waals surface area contributed by atoms with Crippen molar-refractivity contribution in [1.29, 1.82) is 0 Å². The third-order valence-corrected chi connectivity index (χ3v) is 5.73. The number of aliphatic hydroxyl groups excluding tert-OH is 1. The van der Waals surface area contributed by atoms with Crippen molar-refractivity contribution in [2.24, 2.45) is 0 Å². The highest BCUT2D eigenvalue weighted by Crippen LogP contribution is 2.25. The summed E-state index contributed by atoms with van der Waals surface area (Å²) >= 11 is 0. The molecule has 33 heavy (non-hydrogen) atoms. The number of carbonyl (C=O) groups is 1. The molecule has 3 N–H and O–H groups in total. The fourth-order valence-electron chi connectivity index (χ4n) is 3.84. The molecule has 1 aromatic heterocycles. The molecule has 0 unspecified atom stereocenters. The smallest absolute Gasteiger partial charge is 0.251 e. The minimum atomic E-state index is -0.306. The number of aromatic nitrogens is 2. The Morgan fingerprint density at radius 2 is 1.97 bits per heavy atom. The normalized spacial score (nSPS) is 13.9. The molecule has 170 valence electrons. The van der Waals surface area contributed by atoms with E-state index in [0.717, 1.165) is 42.7 Å². The molecule has 1 aliphatic rings. The number of benzene rings is 2. The van der Waals surface area contributed by atoms with Crippen molar-refractivity contribution in [2.45, 2.75) is 31.8 Å². The lowest BCUT2D eigenvalue weighted by atomic mass is 10.0. The Morgan fingerprint density at radius 3 is 2.70 bits per heavy atom. The van der Waals surface area contributed by atoms with Crippen LogP contribution in [0.4, 0.5) is 10.1 Å². The summed E-state index contributed by atoms with van der Waals surface area (Å²) in [5.41, 5.74) is 4.03. The Balaban J connectivity index is 1.50. The molecule has 0 radical (unpaired) electrons. The van der Waals surface area contributed by atoms with E-state index in [1.807, 2.05) is 24.4 Å². The molecule has 0 saturated carbocycles. The van der Waals surface area contributed by atoms with Crippen molar-refractivity contribution >= 4 is 11.6 Å². The second-order valence-electron chi connectivity index (χ2n) is 8.17. The average Bonchev–Trinajstić information content (AvgIpc) is 3.35. The second kappa shape index (κ2) is 10.8.